The number of hydrogen-bond acceptors (Lipinski definition) is 1. The molecule has 1 aromatic carbocycles. The molecule has 0 bridgehead atoms. The summed E-state index contributed by atoms with van der Waals surface area (Å²) in [6.07, 6.45) is 3.32. The number of allylic oxidation sites excluding steroid dienone is 4. The highest BCUT2D eigenvalue weighted by atomic mass is 19.1. The summed E-state index contributed by atoms with van der Waals surface area (Å²) >= 11 is 0. The zero-order chi connectivity index (χ0) is 14.0. The van der Waals surface area contributed by atoms with Gasteiger partial charge in [-0.3, -0.25) is 0 Å². The number of nitrogens with zero attached hydrogens (tertiary/aromatic N) is 1. The van der Waals surface area contributed by atoms with Crippen LogP contribution in [-0.4, -0.2) is 11.4 Å². The second-order valence-electron chi connectivity index (χ2n) is 5.05. The van der Waals surface area contributed by atoms with Crippen molar-refractivity contribution in [2.24, 2.45) is 0 Å². The van der Waals surface area contributed by atoms with Crippen molar-refractivity contribution in [1.82, 2.24) is 4.90 Å². The standard InChI is InChI=1S/C17H22FN/c1-5-16-13(4)19(6-2)12(3)11-17(16)14-7-9-15(18)10-8-14/h7-11,17H,5-6H2,1-4H3. The van der Waals surface area contributed by atoms with Crippen molar-refractivity contribution >= 4 is 0 Å². The highest BCUT2D eigenvalue weighted by Crippen LogP contribution is 2.37. The van der Waals surface area contributed by atoms with E-state index in [2.05, 4.69) is 38.7 Å². The van der Waals surface area contributed by atoms with Gasteiger partial charge in [-0.1, -0.05) is 25.1 Å². The lowest BCUT2D eigenvalue weighted by atomic mass is 9.85. The molecule has 0 radical (unpaired) electrons. The largest absolute Gasteiger partial charge is 0.350 e. The van der Waals surface area contributed by atoms with E-state index in [9.17, 15) is 4.39 Å². The second-order valence-corrected chi connectivity index (χ2v) is 5.05. The van der Waals surface area contributed by atoms with E-state index in [4.69, 9.17) is 0 Å². The van der Waals surface area contributed by atoms with Gasteiger partial charge in [-0.2, -0.15) is 0 Å². The minimum atomic E-state index is -0.172. The van der Waals surface area contributed by atoms with Gasteiger partial charge in [-0.25, -0.2) is 4.39 Å². The van der Waals surface area contributed by atoms with Crippen LogP contribution in [0.5, 0.6) is 0 Å². The molecule has 2 rings (SSSR count). The van der Waals surface area contributed by atoms with E-state index in [1.54, 1.807) is 12.1 Å². The Bertz CT molecular complexity index is 511. The second kappa shape index (κ2) is 5.60. The summed E-state index contributed by atoms with van der Waals surface area (Å²) in [5.74, 6) is 0.114. The van der Waals surface area contributed by atoms with Gasteiger partial charge in [-0.05, 0) is 50.5 Å². The first-order valence-electron chi connectivity index (χ1n) is 6.99. The molecule has 0 fully saturated rings. The Hall–Kier alpha value is -1.57. The van der Waals surface area contributed by atoms with Crippen molar-refractivity contribution in [3.63, 3.8) is 0 Å². The molecule has 1 nitrogen and oxygen atoms in total. The Morgan fingerprint density at radius 1 is 1.11 bits per heavy atom. The molecule has 1 aromatic rings. The molecular formula is C17H22FN. The summed E-state index contributed by atoms with van der Waals surface area (Å²) in [7, 11) is 0. The maximum atomic E-state index is 13.1. The molecule has 0 aromatic heterocycles. The Morgan fingerprint density at radius 2 is 1.74 bits per heavy atom. The van der Waals surface area contributed by atoms with Crippen molar-refractivity contribution in [1.29, 1.82) is 0 Å². The monoisotopic (exact) mass is 259 g/mol. The van der Waals surface area contributed by atoms with Crippen molar-refractivity contribution in [2.45, 2.75) is 40.0 Å². The normalized spacial score (nSPS) is 19.7. The molecule has 1 aliphatic rings. The van der Waals surface area contributed by atoms with Crippen molar-refractivity contribution in [2.75, 3.05) is 6.54 Å². The van der Waals surface area contributed by atoms with Crippen LogP contribution >= 0.6 is 0 Å². The van der Waals surface area contributed by atoms with Crippen LogP contribution in [0, 0.1) is 5.82 Å². The minimum Gasteiger partial charge on any atom is -0.350 e. The average molecular weight is 259 g/mol. The lowest BCUT2D eigenvalue weighted by molar-refractivity contribution is 0.427. The number of rotatable bonds is 3. The van der Waals surface area contributed by atoms with E-state index < -0.39 is 0 Å². The third-order valence-electron chi connectivity index (χ3n) is 4.00. The molecule has 0 saturated carbocycles. The molecule has 1 atom stereocenters. The Kier molecular flexibility index (Phi) is 4.08. The molecular weight excluding hydrogens is 237 g/mol. The Labute approximate surface area is 115 Å². The third kappa shape index (κ3) is 2.58. The van der Waals surface area contributed by atoms with Crippen LogP contribution in [0.3, 0.4) is 0 Å². The molecule has 19 heavy (non-hydrogen) atoms. The molecule has 0 amide bonds. The SMILES string of the molecule is CCC1=C(C)N(CC)C(C)=CC1c1ccc(F)cc1. The third-order valence-corrected chi connectivity index (χ3v) is 4.00. The fourth-order valence-corrected chi connectivity index (χ4v) is 3.02. The van der Waals surface area contributed by atoms with Crippen LogP contribution in [0.2, 0.25) is 0 Å². The van der Waals surface area contributed by atoms with Gasteiger partial charge in [0, 0.05) is 23.9 Å². The van der Waals surface area contributed by atoms with Gasteiger partial charge in [0.05, 0.1) is 0 Å². The lowest BCUT2D eigenvalue weighted by Crippen LogP contribution is -2.26. The van der Waals surface area contributed by atoms with E-state index in [0.717, 1.165) is 13.0 Å². The predicted molar refractivity (Wildman–Crippen MR) is 78.3 cm³/mol. The van der Waals surface area contributed by atoms with Gasteiger partial charge >= 0.3 is 0 Å². The van der Waals surface area contributed by atoms with E-state index >= 15 is 0 Å². The van der Waals surface area contributed by atoms with Crippen LogP contribution in [0.4, 0.5) is 4.39 Å². The number of halogens is 1. The quantitative estimate of drug-likeness (QED) is 0.751. The molecule has 0 spiro atoms. The molecule has 2 heteroatoms. The Balaban J connectivity index is 2.45. The maximum Gasteiger partial charge on any atom is 0.123 e. The van der Waals surface area contributed by atoms with Gasteiger partial charge in [0.15, 0.2) is 0 Å². The van der Waals surface area contributed by atoms with Gasteiger partial charge in [0.2, 0.25) is 0 Å². The fourth-order valence-electron chi connectivity index (χ4n) is 3.02. The number of benzene rings is 1. The molecule has 0 N–H and O–H groups in total. The predicted octanol–water partition coefficient (Wildman–Crippen LogP) is 4.83. The van der Waals surface area contributed by atoms with Crippen LogP contribution in [-0.2, 0) is 0 Å². The Morgan fingerprint density at radius 3 is 2.26 bits per heavy atom. The first kappa shape index (κ1) is 13.9. The molecule has 1 heterocycles. The van der Waals surface area contributed by atoms with Crippen LogP contribution in [0.25, 0.3) is 0 Å². The summed E-state index contributed by atoms with van der Waals surface area (Å²) in [6, 6.07) is 6.89. The summed E-state index contributed by atoms with van der Waals surface area (Å²) in [4.78, 5) is 2.35. The van der Waals surface area contributed by atoms with E-state index in [1.807, 2.05) is 12.1 Å². The zero-order valence-corrected chi connectivity index (χ0v) is 12.2. The first-order chi connectivity index (χ1) is 9.08. The summed E-state index contributed by atoms with van der Waals surface area (Å²) in [5, 5.41) is 0. The maximum absolute atomic E-state index is 13.1. The smallest absolute Gasteiger partial charge is 0.123 e. The topological polar surface area (TPSA) is 3.24 Å². The summed E-state index contributed by atoms with van der Waals surface area (Å²) in [6.45, 7) is 9.70. The fraction of sp³-hybridized carbons (Fsp3) is 0.412. The highest BCUT2D eigenvalue weighted by molar-refractivity contribution is 5.40. The molecule has 0 aliphatic carbocycles. The van der Waals surface area contributed by atoms with Gasteiger partial charge in [0.25, 0.3) is 0 Å². The van der Waals surface area contributed by atoms with Crippen LogP contribution < -0.4 is 0 Å². The zero-order valence-electron chi connectivity index (χ0n) is 12.2. The van der Waals surface area contributed by atoms with Gasteiger partial charge in [0.1, 0.15) is 5.82 Å². The van der Waals surface area contributed by atoms with Crippen molar-refractivity contribution < 1.29 is 4.39 Å². The minimum absolute atomic E-state index is 0.172. The molecule has 0 saturated heterocycles. The molecule has 102 valence electrons. The van der Waals surface area contributed by atoms with Crippen LogP contribution in [0.1, 0.15) is 45.6 Å². The lowest BCUT2D eigenvalue weighted by Gasteiger charge is -2.35. The highest BCUT2D eigenvalue weighted by Gasteiger charge is 2.23. The van der Waals surface area contributed by atoms with Gasteiger partial charge in [-0.15, -0.1) is 0 Å². The first-order valence-corrected chi connectivity index (χ1v) is 6.99. The van der Waals surface area contributed by atoms with E-state index in [-0.39, 0.29) is 11.7 Å². The molecule has 1 aliphatic heterocycles. The van der Waals surface area contributed by atoms with Crippen molar-refractivity contribution in [3.05, 3.63) is 58.7 Å². The van der Waals surface area contributed by atoms with E-state index in [1.165, 1.54) is 22.5 Å². The molecule has 1 unspecified atom stereocenters. The van der Waals surface area contributed by atoms with Crippen molar-refractivity contribution in [3.8, 4) is 0 Å². The van der Waals surface area contributed by atoms with E-state index in [0.29, 0.717) is 0 Å². The van der Waals surface area contributed by atoms with Crippen LogP contribution in [0.15, 0.2) is 47.3 Å². The van der Waals surface area contributed by atoms with Gasteiger partial charge < -0.3 is 4.90 Å². The number of hydrogen-bond donors (Lipinski definition) is 0. The average Bonchev–Trinajstić information content (AvgIpc) is 2.39. The summed E-state index contributed by atoms with van der Waals surface area (Å²) < 4.78 is 13.1. The summed E-state index contributed by atoms with van der Waals surface area (Å²) in [5.41, 5.74) is 5.23.